The fraction of sp³-hybridized carbons (Fsp3) is 0.200. The lowest BCUT2D eigenvalue weighted by Crippen LogP contribution is -2.16. The van der Waals surface area contributed by atoms with Gasteiger partial charge in [-0.2, -0.15) is 0 Å². The maximum absolute atomic E-state index is 13.2. The van der Waals surface area contributed by atoms with Gasteiger partial charge in [0.25, 0.3) is 5.91 Å². The number of halogens is 1. The average molecular weight is 370 g/mol. The Labute approximate surface area is 155 Å². The zero-order valence-corrected chi connectivity index (χ0v) is 15.2. The minimum absolute atomic E-state index is 0.0842. The van der Waals surface area contributed by atoms with Gasteiger partial charge in [-0.25, -0.2) is 4.39 Å². The second-order valence-corrected chi connectivity index (χ2v) is 5.92. The van der Waals surface area contributed by atoms with Crippen LogP contribution in [0.4, 0.5) is 10.1 Å². The number of nitrogens with one attached hydrogen (secondary N) is 1. The summed E-state index contributed by atoms with van der Waals surface area (Å²) in [4.78, 5) is 12.6. The number of benzene rings is 2. The highest BCUT2D eigenvalue weighted by Crippen LogP contribution is 2.28. The van der Waals surface area contributed by atoms with Crippen molar-refractivity contribution in [3.8, 4) is 11.5 Å². The lowest BCUT2D eigenvalue weighted by Gasteiger charge is -2.11. The molecule has 0 atom stereocenters. The summed E-state index contributed by atoms with van der Waals surface area (Å²) in [7, 11) is 1.55. The zero-order valence-electron chi connectivity index (χ0n) is 15.2. The Morgan fingerprint density at radius 2 is 1.93 bits per heavy atom. The molecule has 0 aliphatic heterocycles. The van der Waals surface area contributed by atoms with Crippen molar-refractivity contribution in [2.24, 2.45) is 0 Å². The number of aryl methyl sites for hydroxylation is 2. The van der Waals surface area contributed by atoms with Crippen molar-refractivity contribution >= 4 is 11.6 Å². The van der Waals surface area contributed by atoms with E-state index >= 15 is 0 Å². The molecule has 0 bridgehead atoms. The van der Waals surface area contributed by atoms with E-state index in [0.29, 0.717) is 34.1 Å². The Morgan fingerprint density at radius 1 is 1.19 bits per heavy atom. The van der Waals surface area contributed by atoms with Crippen molar-refractivity contribution in [3.05, 3.63) is 70.9 Å². The Balaban J connectivity index is 1.78. The van der Waals surface area contributed by atoms with Gasteiger partial charge in [0, 0.05) is 5.69 Å². The van der Waals surface area contributed by atoms with Crippen LogP contribution in [-0.4, -0.2) is 18.2 Å². The largest absolute Gasteiger partial charge is 0.493 e. The molecule has 3 aromatic rings. The summed E-state index contributed by atoms with van der Waals surface area (Å²) >= 11 is 0. The summed E-state index contributed by atoms with van der Waals surface area (Å²) in [5.74, 6) is 0.778. The Morgan fingerprint density at radius 3 is 2.63 bits per heavy atom. The van der Waals surface area contributed by atoms with Crippen molar-refractivity contribution in [2.75, 3.05) is 12.4 Å². The second kappa shape index (κ2) is 7.90. The number of hydrogen-bond donors (Lipinski definition) is 1. The van der Waals surface area contributed by atoms with Gasteiger partial charge >= 0.3 is 0 Å². The molecule has 0 aliphatic carbocycles. The third-order valence-electron chi connectivity index (χ3n) is 4.08. The number of carbonyl (C=O) groups is 1. The first-order valence-electron chi connectivity index (χ1n) is 8.28. The van der Waals surface area contributed by atoms with Crippen molar-refractivity contribution in [1.82, 2.24) is 5.16 Å². The first kappa shape index (κ1) is 18.4. The number of ether oxygens (including phenoxy) is 2. The highest BCUT2D eigenvalue weighted by atomic mass is 19.1. The minimum Gasteiger partial charge on any atom is -0.493 e. The number of nitrogens with zero attached hydrogens (tertiary/aromatic N) is 1. The number of amides is 1. The Kier molecular flexibility index (Phi) is 5.40. The molecule has 1 amide bonds. The van der Waals surface area contributed by atoms with Crippen LogP contribution >= 0.6 is 0 Å². The summed E-state index contributed by atoms with van der Waals surface area (Å²) < 4.78 is 29.4. The van der Waals surface area contributed by atoms with E-state index < -0.39 is 5.91 Å². The van der Waals surface area contributed by atoms with E-state index in [2.05, 4.69) is 10.5 Å². The summed E-state index contributed by atoms with van der Waals surface area (Å²) in [6.45, 7) is 3.49. The van der Waals surface area contributed by atoms with E-state index in [9.17, 15) is 9.18 Å². The van der Waals surface area contributed by atoms with Gasteiger partial charge in [-0.05, 0) is 49.7 Å². The molecule has 3 rings (SSSR count). The monoisotopic (exact) mass is 370 g/mol. The molecule has 1 heterocycles. The molecule has 0 unspecified atom stereocenters. The van der Waals surface area contributed by atoms with E-state index in [1.165, 1.54) is 18.2 Å². The summed E-state index contributed by atoms with van der Waals surface area (Å²) in [6.07, 6.45) is 0. The van der Waals surface area contributed by atoms with Gasteiger partial charge in [-0.15, -0.1) is 0 Å². The molecule has 1 N–H and O–H groups in total. The van der Waals surface area contributed by atoms with Crippen LogP contribution in [0.2, 0.25) is 0 Å². The third-order valence-corrected chi connectivity index (χ3v) is 4.08. The minimum atomic E-state index is -0.458. The predicted molar refractivity (Wildman–Crippen MR) is 97.7 cm³/mol. The van der Waals surface area contributed by atoms with Crippen molar-refractivity contribution in [3.63, 3.8) is 0 Å². The lowest BCUT2D eigenvalue weighted by atomic mass is 10.1. The van der Waals surface area contributed by atoms with Crippen LogP contribution in [0.1, 0.15) is 27.4 Å². The first-order chi connectivity index (χ1) is 13.0. The fourth-order valence-corrected chi connectivity index (χ4v) is 2.58. The fourth-order valence-electron chi connectivity index (χ4n) is 2.58. The van der Waals surface area contributed by atoms with Crippen molar-refractivity contribution < 1.29 is 23.2 Å². The van der Waals surface area contributed by atoms with Crippen LogP contribution in [0.25, 0.3) is 0 Å². The van der Waals surface area contributed by atoms with Crippen molar-refractivity contribution in [1.29, 1.82) is 0 Å². The summed E-state index contributed by atoms with van der Waals surface area (Å²) in [5, 5.41) is 6.56. The van der Waals surface area contributed by atoms with Crippen LogP contribution in [0, 0.1) is 19.7 Å². The van der Waals surface area contributed by atoms with Gasteiger partial charge in [0.15, 0.2) is 17.2 Å². The summed E-state index contributed by atoms with van der Waals surface area (Å²) in [6, 6.07) is 11.3. The number of rotatable bonds is 6. The van der Waals surface area contributed by atoms with Gasteiger partial charge in [0.2, 0.25) is 0 Å². The molecule has 2 aromatic carbocycles. The number of aromatic nitrogens is 1. The second-order valence-electron chi connectivity index (χ2n) is 5.92. The normalized spacial score (nSPS) is 10.5. The van der Waals surface area contributed by atoms with Crippen LogP contribution in [0.3, 0.4) is 0 Å². The number of hydrogen-bond acceptors (Lipinski definition) is 5. The SMILES string of the molecule is COc1ccccc1OCc1c(C(=O)Nc2ccc(F)cc2C)noc1C. The molecule has 1 aromatic heterocycles. The maximum atomic E-state index is 13.2. The molecule has 0 saturated heterocycles. The molecule has 6 nitrogen and oxygen atoms in total. The smallest absolute Gasteiger partial charge is 0.278 e. The standard InChI is InChI=1S/C20H19FN2O4/c1-12-10-14(21)8-9-16(12)22-20(24)19-15(13(2)27-23-19)11-26-18-7-5-4-6-17(18)25-3/h4-10H,11H2,1-3H3,(H,22,24). The lowest BCUT2D eigenvalue weighted by molar-refractivity contribution is 0.101. The number of para-hydroxylation sites is 2. The molecule has 0 saturated carbocycles. The van der Waals surface area contributed by atoms with Crippen LogP contribution in [0.5, 0.6) is 11.5 Å². The quantitative estimate of drug-likeness (QED) is 0.701. The topological polar surface area (TPSA) is 73.6 Å². The Bertz CT molecular complexity index is 968. The van der Waals surface area contributed by atoms with E-state index in [4.69, 9.17) is 14.0 Å². The third kappa shape index (κ3) is 4.08. The number of carbonyl (C=O) groups excluding carboxylic acids is 1. The molecule has 0 radical (unpaired) electrons. The van der Waals surface area contributed by atoms with E-state index in [0.717, 1.165) is 0 Å². The summed E-state index contributed by atoms with van der Waals surface area (Å²) in [5.41, 5.74) is 1.75. The molecule has 7 heteroatoms. The van der Waals surface area contributed by atoms with E-state index in [-0.39, 0.29) is 18.1 Å². The highest BCUT2D eigenvalue weighted by molar-refractivity contribution is 6.04. The zero-order chi connectivity index (χ0) is 19.4. The van der Waals surface area contributed by atoms with Crippen LogP contribution in [0.15, 0.2) is 47.0 Å². The molecular formula is C20H19FN2O4. The van der Waals surface area contributed by atoms with Crippen molar-refractivity contribution in [2.45, 2.75) is 20.5 Å². The predicted octanol–water partition coefficient (Wildman–Crippen LogP) is 4.27. The van der Waals surface area contributed by atoms with Gasteiger partial charge in [-0.3, -0.25) is 4.79 Å². The molecule has 0 aliphatic rings. The Hall–Kier alpha value is -3.35. The van der Waals surface area contributed by atoms with E-state index in [1.54, 1.807) is 33.1 Å². The van der Waals surface area contributed by atoms with Gasteiger partial charge < -0.3 is 19.3 Å². The van der Waals surface area contributed by atoms with Crippen LogP contribution in [-0.2, 0) is 6.61 Å². The molecule has 0 fully saturated rings. The number of methoxy groups -OCH3 is 1. The van der Waals surface area contributed by atoms with Gasteiger partial charge in [-0.1, -0.05) is 17.3 Å². The molecule has 27 heavy (non-hydrogen) atoms. The highest BCUT2D eigenvalue weighted by Gasteiger charge is 2.21. The molecule has 140 valence electrons. The number of anilines is 1. The van der Waals surface area contributed by atoms with Gasteiger partial charge in [0.05, 0.1) is 12.7 Å². The molecular weight excluding hydrogens is 351 g/mol. The van der Waals surface area contributed by atoms with Crippen LogP contribution < -0.4 is 14.8 Å². The maximum Gasteiger partial charge on any atom is 0.278 e. The first-order valence-corrected chi connectivity index (χ1v) is 8.28. The van der Waals surface area contributed by atoms with E-state index in [1.807, 2.05) is 12.1 Å². The average Bonchev–Trinajstić information content (AvgIpc) is 3.03. The molecule has 0 spiro atoms. The van der Waals surface area contributed by atoms with Gasteiger partial charge in [0.1, 0.15) is 18.2 Å².